The molecule has 0 N–H and O–H groups in total. The van der Waals surface area contributed by atoms with Gasteiger partial charge in [0.05, 0.1) is 0 Å². The molecule has 0 saturated carbocycles. The van der Waals surface area contributed by atoms with E-state index in [1.54, 1.807) is 0 Å². The van der Waals surface area contributed by atoms with Crippen molar-refractivity contribution in [1.29, 1.82) is 0 Å². The number of benzene rings is 1. The molecule has 2 rings (SSSR count). The predicted molar refractivity (Wildman–Crippen MR) is 75.9 cm³/mol. The lowest BCUT2D eigenvalue weighted by Gasteiger charge is -2.34. The highest BCUT2D eigenvalue weighted by Crippen LogP contribution is 2.35. The van der Waals surface area contributed by atoms with Gasteiger partial charge < -0.3 is 4.90 Å². The Labute approximate surface area is 110 Å². The first-order chi connectivity index (χ1) is 8.38. The summed E-state index contributed by atoms with van der Waals surface area (Å²) in [5.41, 5.74) is 2.48. The summed E-state index contributed by atoms with van der Waals surface area (Å²) in [5, 5.41) is 0. The Bertz CT molecular complexity index is 445. The number of carbonyl (C=O) groups excluding carboxylic acids is 1. The summed E-state index contributed by atoms with van der Waals surface area (Å²) in [6.45, 7) is 9.44. The van der Waals surface area contributed by atoms with E-state index in [-0.39, 0.29) is 11.3 Å². The van der Waals surface area contributed by atoms with Gasteiger partial charge in [0.25, 0.3) is 0 Å². The number of fused-ring (bicyclic) bond motifs is 1. The topological polar surface area (TPSA) is 20.3 Å². The fourth-order valence-electron chi connectivity index (χ4n) is 2.56. The third kappa shape index (κ3) is 2.74. The van der Waals surface area contributed by atoms with Crippen LogP contribution in [-0.2, 0) is 4.79 Å². The third-order valence-corrected chi connectivity index (χ3v) is 3.53. The molecule has 0 fully saturated rings. The minimum Gasteiger partial charge on any atom is -0.312 e. The van der Waals surface area contributed by atoms with Gasteiger partial charge in [0.15, 0.2) is 0 Å². The predicted octanol–water partition coefficient (Wildman–Crippen LogP) is 3.96. The molecular weight excluding hydrogens is 222 g/mol. The van der Waals surface area contributed by atoms with E-state index in [0.29, 0.717) is 12.3 Å². The molecule has 0 aromatic heterocycles. The van der Waals surface area contributed by atoms with E-state index in [9.17, 15) is 4.79 Å². The Kier molecular flexibility index (Phi) is 3.47. The molecular formula is C16H23NO. The van der Waals surface area contributed by atoms with E-state index < -0.39 is 0 Å². The average molecular weight is 245 g/mol. The van der Waals surface area contributed by atoms with Crippen molar-refractivity contribution in [2.45, 2.75) is 46.5 Å². The molecule has 0 saturated heterocycles. The lowest BCUT2D eigenvalue weighted by molar-refractivity contribution is -0.120. The SMILES string of the molecule is CC1CCN(C(=O)CC(C)(C)C)c2ccccc21. The van der Waals surface area contributed by atoms with Gasteiger partial charge in [-0.25, -0.2) is 0 Å². The molecule has 2 nitrogen and oxygen atoms in total. The number of rotatable bonds is 1. The highest BCUT2D eigenvalue weighted by atomic mass is 16.2. The molecule has 0 spiro atoms. The third-order valence-electron chi connectivity index (χ3n) is 3.53. The zero-order valence-electron chi connectivity index (χ0n) is 11.9. The van der Waals surface area contributed by atoms with Crippen molar-refractivity contribution < 1.29 is 4.79 Å². The fourth-order valence-corrected chi connectivity index (χ4v) is 2.56. The van der Waals surface area contributed by atoms with Crippen molar-refractivity contribution >= 4 is 11.6 Å². The maximum atomic E-state index is 12.4. The maximum Gasteiger partial charge on any atom is 0.227 e. The van der Waals surface area contributed by atoms with Gasteiger partial charge in [-0.2, -0.15) is 0 Å². The van der Waals surface area contributed by atoms with Crippen molar-refractivity contribution in [3.63, 3.8) is 0 Å². The lowest BCUT2D eigenvalue weighted by atomic mass is 9.88. The summed E-state index contributed by atoms with van der Waals surface area (Å²) in [5.74, 6) is 0.807. The molecule has 18 heavy (non-hydrogen) atoms. The van der Waals surface area contributed by atoms with E-state index in [2.05, 4.69) is 45.9 Å². The van der Waals surface area contributed by atoms with Gasteiger partial charge in [-0.3, -0.25) is 4.79 Å². The maximum absolute atomic E-state index is 12.4. The quantitative estimate of drug-likeness (QED) is 0.733. The van der Waals surface area contributed by atoms with Crippen LogP contribution in [0.2, 0.25) is 0 Å². The number of hydrogen-bond acceptors (Lipinski definition) is 1. The molecule has 1 aliphatic heterocycles. The van der Waals surface area contributed by atoms with Crippen LogP contribution < -0.4 is 4.90 Å². The number of hydrogen-bond donors (Lipinski definition) is 0. The van der Waals surface area contributed by atoms with Crippen molar-refractivity contribution in [1.82, 2.24) is 0 Å². The van der Waals surface area contributed by atoms with Gasteiger partial charge >= 0.3 is 0 Å². The molecule has 1 amide bonds. The van der Waals surface area contributed by atoms with Crippen molar-refractivity contribution in [3.8, 4) is 0 Å². The molecule has 1 aromatic carbocycles. The van der Waals surface area contributed by atoms with Crippen molar-refractivity contribution in [2.24, 2.45) is 5.41 Å². The normalized spacial score (nSPS) is 19.6. The Morgan fingerprint density at radius 3 is 2.67 bits per heavy atom. The van der Waals surface area contributed by atoms with Crippen LogP contribution >= 0.6 is 0 Å². The second-order valence-corrected chi connectivity index (χ2v) is 6.53. The lowest BCUT2D eigenvalue weighted by Crippen LogP contribution is -2.38. The molecule has 1 atom stereocenters. The highest BCUT2D eigenvalue weighted by Gasteiger charge is 2.28. The number of nitrogens with zero attached hydrogens (tertiary/aromatic N) is 1. The summed E-state index contributed by atoms with van der Waals surface area (Å²) in [4.78, 5) is 14.4. The summed E-state index contributed by atoms with van der Waals surface area (Å²) in [7, 11) is 0. The van der Waals surface area contributed by atoms with E-state index >= 15 is 0 Å². The van der Waals surface area contributed by atoms with Gasteiger partial charge in [0.2, 0.25) is 5.91 Å². The molecule has 0 bridgehead atoms. The smallest absolute Gasteiger partial charge is 0.227 e. The molecule has 0 radical (unpaired) electrons. The number of amides is 1. The van der Waals surface area contributed by atoms with Crippen LogP contribution in [0.15, 0.2) is 24.3 Å². The highest BCUT2D eigenvalue weighted by molar-refractivity contribution is 5.95. The van der Waals surface area contributed by atoms with Crippen molar-refractivity contribution in [3.05, 3.63) is 29.8 Å². The van der Waals surface area contributed by atoms with Crippen LogP contribution in [-0.4, -0.2) is 12.5 Å². The largest absolute Gasteiger partial charge is 0.312 e. The van der Waals surface area contributed by atoms with Crippen LogP contribution in [0.25, 0.3) is 0 Å². The summed E-state index contributed by atoms with van der Waals surface area (Å²) in [6.07, 6.45) is 1.67. The number of carbonyl (C=O) groups is 1. The zero-order chi connectivity index (χ0) is 13.3. The average Bonchev–Trinajstić information content (AvgIpc) is 2.27. The van der Waals surface area contributed by atoms with Gasteiger partial charge in [-0.1, -0.05) is 45.9 Å². The number of anilines is 1. The van der Waals surface area contributed by atoms with Crippen LogP contribution in [0.3, 0.4) is 0 Å². The molecule has 1 heterocycles. The zero-order valence-corrected chi connectivity index (χ0v) is 11.9. The standard InChI is InChI=1S/C16H23NO/c1-12-9-10-17(15(18)11-16(2,3)4)14-8-6-5-7-13(12)14/h5-8,12H,9-11H2,1-4H3. The molecule has 2 heteroatoms. The van der Waals surface area contributed by atoms with Gasteiger partial charge in [0, 0.05) is 18.7 Å². The summed E-state index contributed by atoms with van der Waals surface area (Å²) < 4.78 is 0. The molecule has 1 aromatic rings. The van der Waals surface area contributed by atoms with Gasteiger partial charge in [-0.05, 0) is 29.4 Å². The van der Waals surface area contributed by atoms with Crippen LogP contribution in [0, 0.1) is 5.41 Å². The monoisotopic (exact) mass is 245 g/mol. The number of para-hydroxylation sites is 1. The Hall–Kier alpha value is -1.31. The van der Waals surface area contributed by atoms with Crippen molar-refractivity contribution in [2.75, 3.05) is 11.4 Å². The Balaban J connectivity index is 2.26. The Morgan fingerprint density at radius 1 is 1.33 bits per heavy atom. The van der Waals surface area contributed by atoms with Crippen LogP contribution in [0.1, 0.15) is 52.0 Å². The minimum atomic E-state index is 0.0507. The first-order valence-electron chi connectivity index (χ1n) is 6.78. The molecule has 98 valence electrons. The minimum absolute atomic E-state index is 0.0507. The van der Waals surface area contributed by atoms with E-state index in [1.807, 2.05) is 11.0 Å². The van der Waals surface area contributed by atoms with Crippen LogP contribution in [0.4, 0.5) is 5.69 Å². The summed E-state index contributed by atoms with van der Waals surface area (Å²) in [6, 6.07) is 8.31. The first kappa shape index (κ1) is 13.1. The second kappa shape index (κ2) is 4.75. The Morgan fingerprint density at radius 2 is 2.00 bits per heavy atom. The van der Waals surface area contributed by atoms with Gasteiger partial charge in [-0.15, -0.1) is 0 Å². The van der Waals surface area contributed by atoms with Gasteiger partial charge in [0.1, 0.15) is 0 Å². The molecule has 1 aliphatic rings. The van der Waals surface area contributed by atoms with E-state index in [0.717, 1.165) is 18.7 Å². The molecule has 0 aliphatic carbocycles. The first-order valence-corrected chi connectivity index (χ1v) is 6.78. The fraction of sp³-hybridized carbons (Fsp3) is 0.562. The van der Waals surface area contributed by atoms with Crippen LogP contribution in [0.5, 0.6) is 0 Å². The molecule has 1 unspecified atom stereocenters. The van der Waals surface area contributed by atoms with E-state index in [4.69, 9.17) is 0 Å². The second-order valence-electron chi connectivity index (χ2n) is 6.53. The van der Waals surface area contributed by atoms with E-state index in [1.165, 1.54) is 5.56 Å². The summed E-state index contributed by atoms with van der Waals surface area (Å²) >= 11 is 0.